The van der Waals surface area contributed by atoms with Gasteiger partial charge in [0.25, 0.3) is 0 Å². The van der Waals surface area contributed by atoms with Crippen LogP contribution < -0.4 is 4.90 Å². The fourth-order valence-electron chi connectivity index (χ4n) is 2.36. The molecule has 0 aromatic carbocycles. The Morgan fingerprint density at radius 1 is 1.26 bits per heavy atom. The number of hydrogen-bond acceptors (Lipinski definition) is 5. The Hall–Kier alpha value is -1.50. The molecule has 3 aromatic heterocycles. The first-order valence-corrected chi connectivity index (χ1v) is 9.06. The molecule has 5 nitrogen and oxygen atoms in total. The maximum atomic E-state index is 6.60. The molecule has 0 fully saturated rings. The number of aromatic nitrogens is 4. The van der Waals surface area contributed by atoms with Gasteiger partial charge in [0, 0.05) is 38.1 Å². The van der Waals surface area contributed by atoms with E-state index in [1.54, 1.807) is 24.3 Å². The fraction of sp³-hybridized carbons (Fsp3) is 0.267. The number of nitrogens with zero attached hydrogens (tertiary/aromatic N) is 5. The molecule has 0 aliphatic heterocycles. The van der Waals surface area contributed by atoms with Gasteiger partial charge in [-0.2, -0.15) is 0 Å². The van der Waals surface area contributed by atoms with E-state index in [2.05, 4.69) is 15.0 Å². The first kappa shape index (κ1) is 16.4. The van der Waals surface area contributed by atoms with Crippen molar-refractivity contribution in [2.75, 3.05) is 30.6 Å². The van der Waals surface area contributed by atoms with E-state index in [1.165, 1.54) is 0 Å². The van der Waals surface area contributed by atoms with Crippen LogP contribution in [0.1, 0.15) is 0 Å². The van der Waals surface area contributed by atoms with Crippen LogP contribution in [-0.4, -0.2) is 44.7 Å². The Kier molecular flexibility index (Phi) is 4.94. The SMILES string of the molecule is CSn1c(-c2nccc(N(C)CCCl)c2Cl)nc2ncccc21. The summed E-state index contributed by atoms with van der Waals surface area (Å²) in [6.07, 6.45) is 5.44. The lowest BCUT2D eigenvalue weighted by Gasteiger charge is -2.20. The molecule has 0 N–H and O–H groups in total. The lowest BCUT2D eigenvalue weighted by molar-refractivity contribution is 0.970. The van der Waals surface area contributed by atoms with Crippen molar-refractivity contribution in [3.63, 3.8) is 0 Å². The van der Waals surface area contributed by atoms with Gasteiger partial charge in [-0.15, -0.1) is 11.6 Å². The monoisotopic (exact) mass is 367 g/mol. The summed E-state index contributed by atoms with van der Waals surface area (Å²) < 4.78 is 1.99. The Labute approximate surface area is 148 Å². The normalized spacial score (nSPS) is 11.1. The van der Waals surface area contributed by atoms with Crippen LogP contribution in [0.3, 0.4) is 0 Å². The van der Waals surface area contributed by atoms with Gasteiger partial charge in [0.15, 0.2) is 11.5 Å². The number of pyridine rings is 2. The molecule has 0 aliphatic rings. The third-order valence-corrected chi connectivity index (χ3v) is 4.76. The quantitative estimate of drug-likeness (QED) is 0.639. The predicted molar refractivity (Wildman–Crippen MR) is 98.7 cm³/mol. The van der Waals surface area contributed by atoms with E-state index >= 15 is 0 Å². The van der Waals surface area contributed by atoms with Gasteiger partial charge < -0.3 is 4.90 Å². The first-order valence-electron chi connectivity index (χ1n) is 6.97. The predicted octanol–water partition coefficient (Wildman–Crippen LogP) is 3.95. The van der Waals surface area contributed by atoms with Crippen molar-refractivity contribution in [2.24, 2.45) is 0 Å². The molecule has 0 bridgehead atoms. The third-order valence-electron chi connectivity index (χ3n) is 3.48. The molecule has 3 aromatic rings. The average Bonchev–Trinajstić information content (AvgIpc) is 2.93. The highest BCUT2D eigenvalue weighted by molar-refractivity contribution is 7.97. The van der Waals surface area contributed by atoms with Gasteiger partial charge in [-0.3, -0.25) is 8.96 Å². The molecule has 3 heterocycles. The minimum absolute atomic E-state index is 0.526. The highest BCUT2D eigenvalue weighted by Gasteiger charge is 2.19. The Morgan fingerprint density at radius 3 is 2.83 bits per heavy atom. The Bertz CT molecular complexity index is 836. The van der Waals surface area contributed by atoms with Crippen molar-refractivity contribution >= 4 is 52.0 Å². The molecule has 23 heavy (non-hydrogen) atoms. The maximum Gasteiger partial charge on any atom is 0.179 e. The molecule has 0 spiro atoms. The zero-order valence-corrected chi connectivity index (χ0v) is 15.0. The van der Waals surface area contributed by atoms with Crippen LogP contribution in [0.15, 0.2) is 30.6 Å². The van der Waals surface area contributed by atoms with Crippen LogP contribution in [0.25, 0.3) is 22.7 Å². The summed E-state index contributed by atoms with van der Waals surface area (Å²) in [6.45, 7) is 0.700. The molecule has 0 saturated heterocycles. The molecule has 0 radical (unpaired) electrons. The lowest BCUT2D eigenvalue weighted by Crippen LogP contribution is -2.20. The van der Waals surface area contributed by atoms with E-state index in [-0.39, 0.29) is 0 Å². The number of halogens is 2. The van der Waals surface area contributed by atoms with Crippen LogP contribution in [-0.2, 0) is 0 Å². The number of alkyl halides is 1. The van der Waals surface area contributed by atoms with Gasteiger partial charge in [0.1, 0.15) is 5.69 Å². The van der Waals surface area contributed by atoms with Crippen molar-refractivity contribution < 1.29 is 0 Å². The summed E-state index contributed by atoms with van der Waals surface area (Å²) in [5, 5.41) is 0.561. The highest BCUT2D eigenvalue weighted by Crippen LogP contribution is 2.35. The minimum Gasteiger partial charge on any atom is -0.372 e. The number of hydrogen-bond donors (Lipinski definition) is 0. The summed E-state index contributed by atoms with van der Waals surface area (Å²) in [7, 11) is 1.95. The second-order valence-corrected chi connectivity index (χ2v) is 6.35. The largest absolute Gasteiger partial charge is 0.372 e. The van der Waals surface area contributed by atoms with Gasteiger partial charge in [0.05, 0.1) is 16.2 Å². The fourth-order valence-corrected chi connectivity index (χ4v) is 3.59. The zero-order chi connectivity index (χ0) is 16.4. The van der Waals surface area contributed by atoms with Crippen LogP contribution >= 0.6 is 35.1 Å². The smallest absolute Gasteiger partial charge is 0.179 e. The van der Waals surface area contributed by atoms with E-state index in [9.17, 15) is 0 Å². The molecule has 3 rings (SSSR count). The Morgan fingerprint density at radius 2 is 2.09 bits per heavy atom. The summed E-state index contributed by atoms with van der Waals surface area (Å²) in [5.74, 6) is 1.22. The van der Waals surface area contributed by atoms with Crippen LogP contribution in [0.2, 0.25) is 5.02 Å². The summed E-state index contributed by atoms with van der Waals surface area (Å²) in [6, 6.07) is 5.75. The first-order chi connectivity index (χ1) is 11.2. The molecule has 8 heteroatoms. The zero-order valence-electron chi connectivity index (χ0n) is 12.7. The molecular formula is C15H15Cl2N5S. The van der Waals surface area contributed by atoms with Crippen molar-refractivity contribution in [3.05, 3.63) is 35.6 Å². The van der Waals surface area contributed by atoms with Crippen LogP contribution in [0.4, 0.5) is 5.69 Å². The van der Waals surface area contributed by atoms with Gasteiger partial charge in [0.2, 0.25) is 0 Å². The lowest BCUT2D eigenvalue weighted by atomic mass is 10.3. The van der Waals surface area contributed by atoms with Crippen molar-refractivity contribution in [2.45, 2.75) is 0 Å². The summed E-state index contributed by atoms with van der Waals surface area (Å²) in [5.41, 5.74) is 3.13. The van der Waals surface area contributed by atoms with E-state index in [0.717, 1.165) is 11.2 Å². The van der Waals surface area contributed by atoms with Crippen LogP contribution in [0, 0.1) is 0 Å². The summed E-state index contributed by atoms with van der Waals surface area (Å²) >= 11 is 14.0. The molecule has 0 saturated carbocycles. The van der Waals surface area contributed by atoms with Gasteiger partial charge in [-0.05, 0) is 30.1 Å². The number of fused-ring (bicyclic) bond motifs is 1. The van der Waals surface area contributed by atoms with Crippen molar-refractivity contribution in [1.29, 1.82) is 0 Å². The van der Waals surface area contributed by atoms with E-state index < -0.39 is 0 Å². The molecule has 0 unspecified atom stereocenters. The number of rotatable bonds is 5. The topological polar surface area (TPSA) is 46.8 Å². The standard InChI is InChI=1S/C15H15Cl2N5S/c1-21(9-6-16)10-5-8-18-13(12(10)17)15-20-14-11(22(15)23-2)4-3-7-19-14/h3-5,7-8H,6,9H2,1-2H3. The second kappa shape index (κ2) is 6.95. The van der Waals surface area contributed by atoms with Gasteiger partial charge >= 0.3 is 0 Å². The third kappa shape index (κ3) is 2.98. The average molecular weight is 368 g/mol. The number of anilines is 1. The van der Waals surface area contributed by atoms with Crippen molar-refractivity contribution in [3.8, 4) is 11.5 Å². The summed E-state index contributed by atoms with van der Waals surface area (Å²) in [4.78, 5) is 15.4. The molecule has 0 atom stereocenters. The number of imidazole rings is 1. The molecule has 0 aliphatic carbocycles. The van der Waals surface area contributed by atoms with E-state index in [0.29, 0.717) is 34.6 Å². The van der Waals surface area contributed by atoms with Crippen molar-refractivity contribution in [1.82, 2.24) is 18.9 Å². The van der Waals surface area contributed by atoms with Gasteiger partial charge in [-0.25, -0.2) is 9.97 Å². The highest BCUT2D eigenvalue weighted by atomic mass is 35.5. The minimum atomic E-state index is 0.526. The van der Waals surface area contributed by atoms with Crippen LogP contribution in [0.5, 0.6) is 0 Å². The second-order valence-electron chi connectivity index (χ2n) is 4.86. The van der Waals surface area contributed by atoms with Gasteiger partial charge in [-0.1, -0.05) is 11.6 Å². The molecule has 0 amide bonds. The molecule has 120 valence electrons. The Balaban J connectivity index is 2.17. The molecular weight excluding hydrogens is 353 g/mol. The van der Waals surface area contributed by atoms with E-state index in [1.807, 2.05) is 40.4 Å². The maximum absolute atomic E-state index is 6.60. The van der Waals surface area contributed by atoms with E-state index in [4.69, 9.17) is 23.2 Å².